The third kappa shape index (κ3) is 5.35. The van der Waals surface area contributed by atoms with Crippen LogP contribution in [-0.2, 0) is 6.61 Å². The lowest BCUT2D eigenvalue weighted by molar-refractivity contribution is 0.0842. The number of para-hydroxylation sites is 2. The Kier molecular flexibility index (Phi) is 6.84. The highest BCUT2D eigenvalue weighted by Crippen LogP contribution is 2.20. The van der Waals surface area contributed by atoms with Crippen LogP contribution in [0, 0.1) is 0 Å². The molecule has 6 nitrogen and oxygen atoms in total. The van der Waals surface area contributed by atoms with Gasteiger partial charge in [-0.3, -0.25) is 20.4 Å². The lowest BCUT2D eigenvalue weighted by Gasteiger charge is -2.13. The van der Waals surface area contributed by atoms with Gasteiger partial charge in [0.05, 0.1) is 17.7 Å². The maximum Gasteiger partial charge on any atom is 0.273 e. The first-order valence-corrected chi connectivity index (χ1v) is 9.27. The minimum Gasteiger partial charge on any atom is -0.493 e. The van der Waals surface area contributed by atoms with E-state index in [0.717, 1.165) is 5.56 Å². The van der Waals surface area contributed by atoms with Crippen LogP contribution < -0.4 is 20.3 Å². The SMILES string of the molecule is CCOc1ccccc1C(=O)NNC(=O)c1ccccc1OCc1ccccc1. The lowest BCUT2D eigenvalue weighted by Crippen LogP contribution is -2.41. The van der Waals surface area contributed by atoms with Crippen molar-refractivity contribution in [3.63, 3.8) is 0 Å². The van der Waals surface area contributed by atoms with Crippen molar-refractivity contribution in [3.8, 4) is 11.5 Å². The standard InChI is InChI=1S/C23H22N2O4/c1-2-28-20-14-8-6-12-18(20)22(26)24-25-23(27)19-13-7-9-15-21(19)29-16-17-10-4-3-5-11-17/h3-15H,2,16H2,1H3,(H,24,26)(H,25,27). The quantitative estimate of drug-likeness (QED) is 0.603. The molecule has 2 N–H and O–H groups in total. The van der Waals surface area contributed by atoms with E-state index >= 15 is 0 Å². The molecule has 0 bridgehead atoms. The fourth-order valence-electron chi connectivity index (χ4n) is 2.70. The molecule has 0 saturated heterocycles. The summed E-state index contributed by atoms with van der Waals surface area (Å²) in [5.41, 5.74) is 6.50. The minimum absolute atomic E-state index is 0.321. The summed E-state index contributed by atoms with van der Waals surface area (Å²) >= 11 is 0. The Bertz CT molecular complexity index is 973. The Morgan fingerprint density at radius 3 is 1.72 bits per heavy atom. The summed E-state index contributed by atoms with van der Waals surface area (Å²) in [6, 6.07) is 23.4. The van der Waals surface area contributed by atoms with Gasteiger partial charge in [-0.1, -0.05) is 54.6 Å². The first kappa shape index (κ1) is 19.9. The van der Waals surface area contributed by atoms with Crippen LogP contribution in [0.5, 0.6) is 11.5 Å². The molecule has 6 heteroatoms. The molecule has 0 aliphatic heterocycles. The zero-order valence-electron chi connectivity index (χ0n) is 16.1. The molecule has 0 radical (unpaired) electrons. The second kappa shape index (κ2) is 9.94. The van der Waals surface area contributed by atoms with Gasteiger partial charge in [-0.05, 0) is 36.8 Å². The maximum atomic E-state index is 12.6. The summed E-state index contributed by atoms with van der Waals surface area (Å²) in [5.74, 6) is -0.0628. The van der Waals surface area contributed by atoms with Crippen LogP contribution in [0.15, 0.2) is 78.9 Å². The van der Waals surface area contributed by atoms with Crippen molar-refractivity contribution >= 4 is 11.8 Å². The molecule has 3 rings (SSSR count). The number of carbonyl (C=O) groups is 2. The minimum atomic E-state index is -0.476. The Balaban J connectivity index is 1.65. The van der Waals surface area contributed by atoms with Crippen molar-refractivity contribution in [3.05, 3.63) is 95.6 Å². The molecule has 0 unspecified atom stereocenters. The molecule has 0 spiro atoms. The summed E-state index contributed by atoms with van der Waals surface area (Å²) in [7, 11) is 0. The second-order valence-corrected chi connectivity index (χ2v) is 6.11. The van der Waals surface area contributed by atoms with E-state index in [9.17, 15) is 9.59 Å². The average Bonchev–Trinajstić information content (AvgIpc) is 2.77. The predicted octanol–water partition coefficient (Wildman–Crippen LogP) is 3.74. The Labute approximate surface area is 169 Å². The van der Waals surface area contributed by atoms with Crippen molar-refractivity contribution < 1.29 is 19.1 Å². The molecule has 0 aliphatic carbocycles. The topological polar surface area (TPSA) is 76.7 Å². The number of nitrogens with one attached hydrogen (secondary N) is 2. The lowest BCUT2D eigenvalue weighted by atomic mass is 10.2. The zero-order valence-corrected chi connectivity index (χ0v) is 16.1. The van der Waals surface area contributed by atoms with Crippen molar-refractivity contribution in [2.24, 2.45) is 0 Å². The molecule has 0 fully saturated rings. The van der Waals surface area contributed by atoms with E-state index in [2.05, 4.69) is 10.9 Å². The van der Waals surface area contributed by atoms with Gasteiger partial charge < -0.3 is 9.47 Å². The second-order valence-electron chi connectivity index (χ2n) is 6.11. The van der Waals surface area contributed by atoms with Gasteiger partial charge in [0.2, 0.25) is 0 Å². The molecule has 148 valence electrons. The van der Waals surface area contributed by atoms with Crippen LogP contribution in [0.25, 0.3) is 0 Å². The van der Waals surface area contributed by atoms with Gasteiger partial charge in [0.1, 0.15) is 18.1 Å². The number of benzene rings is 3. The predicted molar refractivity (Wildman–Crippen MR) is 110 cm³/mol. The summed E-state index contributed by atoms with van der Waals surface area (Å²) in [6.07, 6.45) is 0. The number of hydrogen-bond donors (Lipinski definition) is 2. The van der Waals surface area contributed by atoms with Gasteiger partial charge in [0.15, 0.2) is 0 Å². The van der Waals surface area contributed by atoms with Crippen LogP contribution in [-0.4, -0.2) is 18.4 Å². The Morgan fingerprint density at radius 2 is 1.17 bits per heavy atom. The van der Waals surface area contributed by atoms with Gasteiger partial charge in [0, 0.05) is 0 Å². The van der Waals surface area contributed by atoms with Crippen LogP contribution in [0.4, 0.5) is 0 Å². The highest BCUT2D eigenvalue weighted by Gasteiger charge is 2.16. The van der Waals surface area contributed by atoms with E-state index in [-0.39, 0.29) is 0 Å². The fraction of sp³-hybridized carbons (Fsp3) is 0.130. The van der Waals surface area contributed by atoms with Crippen LogP contribution in [0.2, 0.25) is 0 Å². The first-order chi connectivity index (χ1) is 14.2. The van der Waals surface area contributed by atoms with Crippen molar-refractivity contribution in [2.45, 2.75) is 13.5 Å². The fourth-order valence-corrected chi connectivity index (χ4v) is 2.70. The number of amides is 2. The zero-order chi connectivity index (χ0) is 20.5. The van der Waals surface area contributed by atoms with Crippen molar-refractivity contribution in [1.82, 2.24) is 10.9 Å². The van der Waals surface area contributed by atoms with E-state index < -0.39 is 11.8 Å². The van der Waals surface area contributed by atoms with Crippen LogP contribution >= 0.6 is 0 Å². The molecule has 3 aromatic carbocycles. The largest absolute Gasteiger partial charge is 0.493 e. The van der Waals surface area contributed by atoms with E-state index in [0.29, 0.717) is 35.8 Å². The molecule has 0 atom stereocenters. The van der Waals surface area contributed by atoms with Crippen molar-refractivity contribution in [2.75, 3.05) is 6.61 Å². The average molecular weight is 390 g/mol. The summed E-state index contributed by atoms with van der Waals surface area (Å²) in [6.45, 7) is 2.60. The van der Waals surface area contributed by atoms with Gasteiger partial charge in [0.25, 0.3) is 11.8 Å². The molecule has 0 aromatic heterocycles. The molecular formula is C23H22N2O4. The van der Waals surface area contributed by atoms with Crippen molar-refractivity contribution in [1.29, 1.82) is 0 Å². The third-order valence-electron chi connectivity index (χ3n) is 4.09. The van der Waals surface area contributed by atoms with E-state index in [1.165, 1.54) is 0 Å². The Hall–Kier alpha value is -3.80. The van der Waals surface area contributed by atoms with Crippen LogP contribution in [0.3, 0.4) is 0 Å². The van der Waals surface area contributed by atoms with Gasteiger partial charge in [-0.25, -0.2) is 0 Å². The van der Waals surface area contributed by atoms with Gasteiger partial charge >= 0.3 is 0 Å². The van der Waals surface area contributed by atoms with E-state index in [4.69, 9.17) is 9.47 Å². The van der Waals surface area contributed by atoms with Crippen LogP contribution in [0.1, 0.15) is 33.2 Å². The van der Waals surface area contributed by atoms with Gasteiger partial charge in [-0.15, -0.1) is 0 Å². The number of ether oxygens (including phenoxy) is 2. The Morgan fingerprint density at radius 1 is 0.690 bits per heavy atom. The number of carbonyl (C=O) groups excluding carboxylic acids is 2. The molecule has 0 aliphatic rings. The van der Waals surface area contributed by atoms with Gasteiger partial charge in [-0.2, -0.15) is 0 Å². The normalized spacial score (nSPS) is 10.1. The number of rotatable bonds is 7. The maximum absolute atomic E-state index is 12.6. The number of hydrogen-bond acceptors (Lipinski definition) is 4. The molecule has 2 amide bonds. The highest BCUT2D eigenvalue weighted by molar-refractivity contribution is 6.01. The molecular weight excluding hydrogens is 368 g/mol. The highest BCUT2D eigenvalue weighted by atomic mass is 16.5. The smallest absolute Gasteiger partial charge is 0.273 e. The first-order valence-electron chi connectivity index (χ1n) is 9.27. The molecule has 0 saturated carbocycles. The number of hydrazine groups is 1. The summed E-state index contributed by atoms with van der Waals surface area (Å²) in [4.78, 5) is 25.0. The van der Waals surface area contributed by atoms with E-state index in [1.807, 2.05) is 37.3 Å². The van der Waals surface area contributed by atoms with E-state index in [1.54, 1.807) is 48.5 Å². The monoisotopic (exact) mass is 390 g/mol. The molecule has 0 heterocycles. The summed E-state index contributed by atoms with van der Waals surface area (Å²) < 4.78 is 11.2. The molecule has 3 aromatic rings. The third-order valence-corrected chi connectivity index (χ3v) is 4.09. The molecule has 29 heavy (non-hydrogen) atoms. The summed E-state index contributed by atoms with van der Waals surface area (Å²) in [5, 5.41) is 0.